The molecule has 1 aliphatic carbocycles. The monoisotopic (exact) mass is 358 g/mol. The summed E-state index contributed by atoms with van der Waals surface area (Å²) in [5.74, 6) is -3.03. The highest BCUT2D eigenvalue weighted by atomic mass is 19.4. The number of benzene rings is 1. The van der Waals surface area contributed by atoms with Crippen molar-refractivity contribution < 1.29 is 27.9 Å². The van der Waals surface area contributed by atoms with E-state index in [1.807, 2.05) is 18.3 Å². The van der Waals surface area contributed by atoms with Crippen LogP contribution >= 0.6 is 0 Å². The molecule has 0 unspecified atom stereocenters. The second kappa shape index (κ2) is 7.76. The maximum Gasteiger partial charge on any atom is 0.471 e. The van der Waals surface area contributed by atoms with Crippen LogP contribution in [0, 0.1) is 12.8 Å². The second-order valence-electron chi connectivity index (χ2n) is 6.42. The first-order valence-corrected chi connectivity index (χ1v) is 8.10. The summed E-state index contributed by atoms with van der Waals surface area (Å²) >= 11 is 0. The quantitative estimate of drug-likeness (QED) is 0.755. The largest absolute Gasteiger partial charge is 0.481 e. The van der Waals surface area contributed by atoms with Gasteiger partial charge in [-0.25, -0.2) is 0 Å². The predicted molar refractivity (Wildman–Crippen MR) is 86.1 cm³/mol. The normalized spacial score (nSPS) is 20.8. The molecule has 1 amide bonds. The number of anilines is 1. The van der Waals surface area contributed by atoms with Crippen molar-refractivity contribution in [1.29, 1.82) is 0 Å². The van der Waals surface area contributed by atoms with Crippen molar-refractivity contribution in [1.82, 2.24) is 5.32 Å². The molecule has 1 aromatic rings. The van der Waals surface area contributed by atoms with Gasteiger partial charge in [-0.3, -0.25) is 9.59 Å². The van der Waals surface area contributed by atoms with Crippen LogP contribution in [0.4, 0.5) is 18.9 Å². The molecule has 1 fully saturated rings. The van der Waals surface area contributed by atoms with Crippen LogP contribution in [0.3, 0.4) is 0 Å². The van der Waals surface area contributed by atoms with E-state index in [0.717, 1.165) is 24.1 Å². The van der Waals surface area contributed by atoms with Crippen molar-refractivity contribution in [2.45, 2.75) is 51.4 Å². The Morgan fingerprint density at radius 2 is 1.80 bits per heavy atom. The molecule has 1 aromatic carbocycles. The number of carbonyl (C=O) groups excluding carboxylic acids is 1. The highest BCUT2D eigenvalue weighted by Crippen LogP contribution is 2.27. The Balaban J connectivity index is 1.95. The van der Waals surface area contributed by atoms with Gasteiger partial charge in [0.1, 0.15) is 0 Å². The van der Waals surface area contributed by atoms with Gasteiger partial charge in [0.15, 0.2) is 0 Å². The molecule has 8 heteroatoms. The summed E-state index contributed by atoms with van der Waals surface area (Å²) in [6.07, 6.45) is -2.23. The fourth-order valence-electron chi connectivity index (χ4n) is 3.05. The van der Waals surface area contributed by atoms with Crippen molar-refractivity contribution in [2.24, 2.45) is 5.92 Å². The first-order valence-electron chi connectivity index (χ1n) is 8.10. The van der Waals surface area contributed by atoms with Gasteiger partial charge in [0.25, 0.3) is 0 Å². The number of hydrogen-bond acceptors (Lipinski definition) is 3. The van der Waals surface area contributed by atoms with Crippen LogP contribution in [0.15, 0.2) is 18.2 Å². The third-order valence-corrected chi connectivity index (χ3v) is 4.29. The number of aryl methyl sites for hydroxylation is 1. The highest BCUT2D eigenvalue weighted by Gasteiger charge is 2.38. The lowest BCUT2D eigenvalue weighted by atomic mass is 9.86. The molecule has 3 N–H and O–H groups in total. The number of carboxylic acid groups (broad SMARTS) is 1. The van der Waals surface area contributed by atoms with Gasteiger partial charge in [-0.2, -0.15) is 13.2 Å². The first-order chi connectivity index (χ1) is 11.6. The maximum absolute atomic E-state index is 12.2. The number of amides is 1. The predicted octanol–water partition coefficient (Wildman–Crippen LogP) is 3.23. The fourth-order valence-corrected chi connectivity index (χ4v) is 3.05. The molecule has 2 rings (SSSR count). The minimum atomic E-state index is -4.90. The molecule has 0 radical (unpaired) electrons. The molecule has 0 bridgehead atoms. The smallest absolute Gasteiger partial charge is 0.471 e. The lowest BCUT2D eigenvalue weighted by Crippen LogP contribution is -2.36. The van der Waals surface area contributed by atoms with E-state index in [1.165, 1.54) is 0 Å². The van der Waals surface area contributed by atoms with Gasteiger partial charge in [-0.05, 0) is 55.9 Å². The molecule has 1 saturated carbocycles. The molecule has 5 nitrogen and oxygen atoms in total. The zero-order valence-electron chi connectivity index (χ0n) is 13.8. The number of hydrogen-bond donors (Lipinski definition) is 3. The van der Waals surface area contributed by atoms with Gasteiger partial charge in [-0.1, -0.05) is 6.07 Å². The molecule has 0 saturated heterocycles. The molecule has 0 heterocycles. The molecule has 0 aliphatic heterocycles. The Bertz CT molecular complexity index is 639. The minimum absolute atomic E-state index is 0.134. The number of carbonyl (C=O) groups is 2. The van der Waals surface area contributed by atoms with Crippen molar-refractivity contribution in [2.75, 3.05) is 5.32 Å². The zero-order valence-corrected chi connectivity index (χ0v) is 13.8. The molecule has 1 aliphatic rings. The molecule has 0 aromatic heterocycles. The SMILES string of the molecule is Cc1cc(CNC(=O)C(F)(F)F)cc(NC2CCC(C(=O)O)CC2)c1. The van der Waals surface area contributed by atoms with Crippen LogP contribution in [0.2, 0.25) is 0 Å². The summed E-state index contributed by atoms with van der Waals surface area (Å²) in [5, 5.41) is 14.2. The summed E-state index contributed by atoms with van der Waals surface area (Å²) in [5.41, 5.74) is 2.19. The van der Waals surface area contributed by atoms with Crippen LogP contribution in [-0.4, -0.2) is 29.2 Å². The average molecular weight is 358 g/mol. The van der Waals surface area contributed by atoms with Gasteiger partial charge in [0.05, 0.1) is 5.92 Å². The van der Waals surface area contributed by atoms with E-state index in [9.17, 15) is 22.8 Å². The number of carboxylic acids is 1. The number of alkyl halides is 3. The van der Waals surface area contributed by atoms with Gasteiger partial charge < -0.3 is 15.7 Å². The first kappa shape index (κ1) is 19.1. The van der Waals surface area contributed by atoms with E-state index in [-0.39, 0.29) is 18.5 Å². The highest BCUT2D eigenvalue weighted by molar-refractivity contribution is 5.81. The summed E-state index contributed by atoms with van der Waals surface area (Å²) in [4.78, 5) is 21.9. The molecule has 25 heavy (non-hydrogen) atoms. The van der Waals surface area contributed by atoms with Crippen molar-refractivity contribution in [3.05, 3.63) is 29.3 Å². The van der Waals surface area contributed by atoms with Gasteiger partial charge in [0, 0.05) is 18.3 Å². The van der Waals surface area contributed by atoms with E-state index < -0.39 is 18.1 Å². The standard InChI is InChI=1S/C17H21F3N2O3/c1-10-6-11(9-21-16(25)17(18,19)20)8-14(7-10)22-13-4-2-12(3-5-13)15(23)24/h6-8,12-13,22H,2-5,9H2,1H3,(H,21,25)(H,23,24). The molecule has 138 valence electrons. The van der Waals surface area contributed by atoms with Crippen molar-refractivity contribution >= 4 is 17.6 Å². The van der Waals surface area contributed by atoms with E-state index in [0.29, 0.717) is 18.4 Å². The van der Waals surface area contributed by atoms with Gasteiger partial charge in [-0.15, -0.1) is 0 Å². The third-order valence-electron chi connectivity index (χ3n) is 4.29. The van der Waals surface area contributed by atoms with Crippen molar-refractivity contribution in [3.63, 3.8) is 0 Å². The summed E-state index contributed by atoms with van der Waals surface area (Å²) in [6, 6.07) is 5.42. The Hall–Kier alpha value is -2.25. The minimum Gasteiger partial charge on any atom is -0.481 e. The Kier molecular flexibility index (Phi) is 5.92. The topological polar surface area (TPSA) is 78.4 Å². The van der Waals surface area contributed by atoms with Crippen LogP contribution in [0.5, 0.6) is 0 Å². The molecule has 0 atom stereocenters. The summed E-state index contributed by atoms with van der Waals surface area (Å²) < 4.78 is 36.7. The second-order valence-corrected chi connectivity index (χ2v) is 6.42. The number of nitrogens with one attached hydrogen (secondary N) is 2. The Labute approximate surface area is 143 Å². The number of rotatable bonds is 5. The van der Waals surface area contributed by atoms with E-state index in [4.69, 9.17) is 5.11 Å². The summed E-state index contributed by atoms with van der Waals surface area (Å²) in [7, 11) is 0. The number of halogens is 3. The average Bonchev–Trinajstić information content (AvgIpc) is 2.51. The van der Waals surface area contributed by atoms with Crippen LogP contribution in [0.25, 0.3) is 0 Å². The third kappa shape index (κ3) is 5.65. The van der Waals surface area contributed by atoms with Gasteiger partial charge in [0.2, 0.25) is 0 Å². The summed E-state index contributed by atoms with van der Waals surface area (Å²) in [6.45, 7) is 1.61. The van der Waals surface area contributed by atoms with Gasteiger partial charge >= 0.3 is 18.1 Å². The van der Waals surface area contributed by atoms with E-state index >= 15 is 0 Å². The van der Waals surface area contributed by atoms with E-state index in [1.54, 1.807) is 12.1 Å². The number of aliphatic carboxylic acids is 1. The van der Waals surface area contributed by atoms with Crippen molar-refractivity contribution in [3.8, 4) is 0 Å². The molecular formula is C17H21F3N2O3. The van der Waals surface area contributed by atoms with E-state index in [2.05, 4.69) is 5.32 Å². The lowest BCUT2D eigenvalue weighted by molar-refractivity contribution is -0.173. The lowest BCUT2D eigenvalue weighted by Gasteiger charge is -2.28. The van der Waals surface area contributed by atoms with Crippen LogP contribution in [-0.2, 0) is 16.1 Å². The van der Waals surface area contributed by atoms with Crippen LogP contribution in [0.1, 0.15) is 36.8 Å². The Morgan fingerprint density at radius 1 is 1.16 bits per heavy atom. The van der Waals surface area contributed by atoms with Crippen LogP contribution < -0.4 is 10.6 Å². The molecular weight excluding hydrogens is 337 g/mol. The zero-order chi connectivity index (χ0) is 18.6. The Morgan fingerprint density at radius 3 is 2.36 bits per heavy atom. The molecule has 0 spiro atoms. The maximum atomic E-state index is 12.2. The fraction of sp³-hybridized carbons (Fsp3) is 0.529.